The lowest BCUT2D eigenvalue weighted by Crippen LogP contribution is -2.04. The summed E-state index contributed by atoms with van der Waals surface area (Å²) in [6.07, 6.45) is 5.52. The van der Waals surface area contributed by atoms with E-state index in [0.29, 0.717) is 0 Å². The van der Waals surface area contributed by atoms with Crippen molar-refractivity contribution in [3.8, 4) is 0 Å². The molecule has 0 saturated heterocycles. The number of hydrogen-bond acceptors (Lipinski definition) is 1. The Morgan fingerprint density at radius 1 is 1.67 bits per heavy atom. The molecule has 1 heterocycles. The van der Waals surface area contributed by atoms with Gasteiger partial charge in [-0.1, -0.05) is 6.08 Å². The third kappa shape index (κ3) is 0.534. The minimum Gasteiger partial charge on any atom is -0.380 e. The Morgan fingerprint density at radius 3 is 2.67 bits per heavy atom. The topological polar surface area (TPSA) is 3.24 Å². The fourth-order valence-electron chi connectivity index (χ4n) is 0.607. The van der Waals surface area contributed by atoms with Gasteiger partial charge in [-0.15, -0.1) is 0 Å². The summed E-state index contributed by atoms with van der Waals surface area (Å²) in [7, 11) is 2.09. The molecular weight excluding hydrogens is 74.1 g/mol. The lowest BCUT2D eigenvalue weighted by Gasteiger charge is -2.02. The summed E-state index contributed by atoms with van der Waals surface area (Å²) in [5, 5.41) is 0. The first-order chi connectivity index (χ1) is 2.89. The monoisotopic (exact) mass is 83.1 g/mol. The van der Waals surface area contributed by atoms with Crippen LogP contribution in [-0.2, 0) is 0 Å². The van der Waals surface area contributed by atoms with Crippen LogP contribution in [-0.4, -0.2) is 18.5 Å². The molecule has 0 unspecified atom stereocenters. The summed E-state index contributed by atoms with van der Waals surface area (Å²) in [4.78, 5) is 2.18. The van der Waals surface area contributed by atoms with Gasteiger partial charge in [0, 0.05) is 13.6 Å². The van der Waals surface area contributed by atoms with Crippen LogP contribution >= 0.6 is 0 Å². The van der Waals surface area contributed by atoms with Gasteiger partial charge in [0.15, 0.2) is 0 Å². The van der Waals surface area contributed by atoms with Gasteiger partial charge in [-0.2, -0.15) is 0 Å². The molecule has 1 heteroatoms. The van der Waals surface area contributed by atoms with Gasteiger partial charge < -0.3 is 4.90 Å². The first kappa shape index (κ1) is 3.72. The molecule has 1 aliphatic heterocycles. The molecule has 0 radical (unpaired) electrons. The Kier molecular flexibility index (Phi) is 0.825. The maximum absolute atomic E-state index is 2.18. The Bertz CT molecular complexity index is 66.3. The quantitative estimate of drug-likeness (QED) is 0.419. The second-order valence-corrected chi connectivity index (χ2v) is 1.65. The average molecular weight is 83.1 g/mol. The minimum atomic E-state index is 1.21. The van der Waals surface area contributed by atoms with Crippen LogP contribution in [0, 0.1) is 0 Å². The third-order valence-corrected chi connectivity index (χ3v) is 1.01. The fraction of sp³-hybridized carbons (Fsp3) is 0.600. The summed E-state index contributed by atoms with van der Waals surface area (Å²) in [6.45, 7) is 1.21. The fourth-order valence-corrected chi connectivity index (χ4v) is 0.607. The van der Waals surface area contributed by atoms with Gasteiger partial charge in [0.2, 0.25) is 0 Å². The van der Waals surface area contributed by atoms with Crippen molar-refractivity contribution >= 4 is 0 Å². The summed E-state index contributed by atoms with van der Waals surface area (Å²) in [5.74, 6) is 0. The molecule has 1 rings (SSSR count). The van der Waals surface area contributed by atoms with Gasteiger partial charge in [-0.05, 0) is 12.6 Å². The van der Waals surface area contributed by atoms with Gasteiger partial charge >= 0.3 is 0 Å². The molecule has 1 aliphatic rings. The summed E-state index contributed by atoms with van der Waals surface area (Å²) >= 11 is 0. The van der Waals surface area contributed by atoms with E-state index in [1.165, 1.54) is 13.0 Å². The second-order valence-electron chi connectivity index (χ2n) is 1.65. The summed E-state index contributed by atoms with van der Waals surface area (Å²) in [6, 6.07) is 0. The molecule has 0 bridgehead atoms. The van der Waals surface area contributed by atoms with E-state index in [4.69, 9.17) is 0 Å². The standard InChI is InChI=1S/C5H9N/c1-6-4-2-3-5-6/h2,4H,3,5H2,1H3. The smallest absolute Gasteiger partial charge is 0.0204 e. The molecular formula is C5H9N. The SMILES string of the molecule is CN1C=CCC1. The number of hydrogen-bond donors (Lipinski definition) is 0. The van der Waals surface area contributed by atoms with Crippen molar-refractivity contribution in [2.45, 2.75) is 6.42 Å². The van der Waals surface area contributed by atoms with Gasteiger partial charge in [0.05, 0.1) is 0 Å². The normalized spacial score (nSPS) is 19.8. The highest BCUT2D eigenvalue weighted by Gasteiger charge is 1.92. The Morgan fingerprint density at radius 2 is 2.50 bits per heavy atom. The third-order valence-electron chi connectivity index (χ3n) is 1.01. The molecule has 0 aliphatic carbocycles. The molecule has 0 aromatic heterocycles. The van der Waals surface area contributed by atoms with Crippen molar-refractivity contribution in [2.75, 3.05) is 13.6 Å². The van der Waals surface area contributed by atoms with Crippen LogP contribution in [0.15, 0.2) is 12.3 Å². The van der Waals surface area contributed by atoms with Crippen molar-refractivity contribution < 1.29 is 0 Å². The predicted octanol–water partition coefficient (Wildman–Crippen LogP) is 0.836. The van der Waals surface area contributed by atoms with E-state index in [1.54, 1.807) is 0 Å². The van der Waals surface area contributed by atoms with Crippen molar-refractivity contribution in [3.63, 3.8) is 0 Å². The van der Waals surface area contributed by atoms with Crippen molar-refractivity contribution in [1.82, 2.24) is 4.90 Å². The highest BCUT2D eigenvalue weighted by Crippen LogP contribution is 1.97. The van der Waals surface area contributed by atoms with Crippen LogP contribution in [0.1, 0.15) is 6.42 Å². The minimum absolute atomic E-state index is 1.21. The second kappa shape index (κ2) is 1.33. The molecule has 0 fully saturated rings. The van der Waals surface area contributed by atoms with Crippen LogP contribution in [0.4, 0.5) is 0 Å². The Balaban J connectivity index is 2.38. The molecule has 34 valence electrons. The molecule has 0 aromatic carbocycles. The van der Waals surface area contributed by atoms with Crippen molar-refractivity contribution in [3.05, 3.63) is 12.3 Å². The zero-order chi connectivity index (χ0) is 4.41. The molecule has 0 atom stereocenters. The Labute approximate surface area is 38.3 Å². The van der Waals surface area contributed by atoms with E-state index in [0.717, 1.165) is 0 Å². The van der Waals surface area contributed by atoms with E-state index in [1.807, 2.05) is 0 Å². The van der Waals surface area contributed by atoms with E-state index in [2.05, 4.69) is 24.2 Å². The largest absolute Gasteiger partial charge is 0.380 e. The van der Waals surface area contributed by atoms with E-state index < -0.39 is 0 Å². The zero-order valence-corrected chi connectivity index (χ0v) is 4.02. The molecule has 0 N–H and O–H groups in total. The maximum atomic E-state index is 2.18. The van der Waals surface area contributed by atoms with Crippen LogP contribution in [0.3, 0.4) is 0 Å². The van der Waals surface area contributed by atoms with Gasteiger partial charge in [-0.3, -0.25) is 0 Å². The Hall–Kier alpha value is -0.460. The predicted molar refractivity (Wildman–Crippen MR) is 26.4 cm³/mol. The highest BCUT2D eigenvalue weighted by molar-refractivity contribution is 4.88. The molecule has 6 heavy (non-hydrogen) atoms. The highest BCUT2D eigenvalue weighted by atomic mass is 15.1. The first-order valence-electron chi connectivity index (χ1n) is 2.26. The van der Waals surface area contributed by atoms with Gasteiger partial charge in [0.1, 0.15) is 0 Å². The van der Waals surface area contributed by atoms with Gasteiger partial charge in [0.25, 0.3) is 0 Å². The number of nitrogens with zero attached hydrogens (tertiary/aromatic N) is 1. The first-order valence-corrected chi connectivity index (χ1v) is 2.26. The lowest BCUT2D eigenvalue weighted by molar-refractivity contribution is 0.496. The van der Waals surface area contributed by atoms with E-state index in [-0.39, 0.29) is 0 Å². The van der Waals surface area contributed by atoms with E-state index >= 15 is 0 Å². The molecule has 1 nitrogen and oxygen atoms in total. The van der Waals surface area contributed by atoms with Crippen LogP contribution in [0.25, 0.3) is 0 Å². The van der Waals surface area contributed by atoms with Crippen LogP contribution in [0.2, 0.25) is 0 Å². The summed E-state index contributed by atoms with van der Waals surface area (Å²) < 4.78 is 0. The van der Waals surface area contributed by atoms with Gasteiger partial charge in [-0.25, -0.2) is 0 Å². The average Bonchev–Trinajstić information content (AvgIpc) is 1.86. The molecule has 0 aromatic rings. The molecule has 0 saturated carbocycles. The molecule has 0 amide bonds. The van der Waals surface area contributed by atoms with Crippen molar-refractivity contribution in [2.24, 2.45) is 0 Å². The van der Waals surface area contributed by atoms with Crippen LogP contribution < -0.4 is 0 Å². The number of rotatable bonds is 0. The van der Waals surface area contributed by atoms with Crippen molar-refractivity contribution in [1.29, 1.82) is 0 Å². The summed E-state index contributed by atoms with van der Waals surface area (Å²) in [5.41, 5.74) is 0. The van der Waals surface area contributed by atoms with Crippen LogP contribution in [0.5, 0.6) is 0 Å². The van der Waals surface area contributed by atoms with E-state index in [9.17, 15) is 0 Å². The lowest BCUT2D eigenvalue weighted by atomic mass is 10.5. The molecule has 0 spiro atoms. The maximum Gasteiger partial charge on any atom is 0.0204 e. The zero-order valence-electron chi connectivity index (χ0n) is 4.02.